The lowest BCUT2D eigenvalue weighted by Gasteiger charge is -2.36. The second kappa shape index (κ2) is 10.7. The Morgan fingerprint density at radius 1 is 1.00 bits per heavy atom. The van der Waals surface area contributed by atoms with Crippen LogP contribution in [0.15, 0.2) is 42.5 Å². The number of rotatable bonds is 6. The lowest BCUT2D eigenvalue weighted by molar-refractivity contribution is -0.117. The average Bonchev–Trinajstić information content (AvgIpc) is 2.79. The van der Waals surface area contributed by atoms with E-state index in [0.717, 1.165) is 5.69 Å². The number of hydrogen-bond donors (Lipinski definition) is 3. The van der Waals surface area contributed by atoms with E-state index in [1.54, 1.807) is 42.2 Å². The van der Waals surface area contributed by atoms with E-state index in [2.05, 4.69) is 20.9 Å². The Balaban J connectivity index is 1.54. The second-order valence-corrected chi connectivity index (χ2v) is 7.71. The molecule has 176 valence electrons. The van der Waals surface area contributed by atoms with Gasteiger partial charge in [-0.3, -0.25) is 9.59 Å². The smallest absolute Gasteiger partial charge is 0.318 e. The Morgan fingerprint density at radius 3 is 2.27 bits per heavy atom. The van der Waals surface area contributed by atoms with Gasteiger partial charge in [-0.15, -0.1) is 0 Å². The van der Waals surface area contributed by atoms with Gasteiger partial charge in [-0.25, -0.2) is 9.18 Å². The highest BCUT2D eigenvalue weighted by atomic mass is 19.1. The molecule has 1 saturated heterocycles. The van der Waals surface area contributed by atoms with Crippen molar-refractivity contribution in [3.63, 3.8) is 0 Å². The molecule has 0 aromatic heterocycles. The lowest BCUT2D eigenvalue weighted by atomic mass is 10.2. The Kier molecular flexibility index (Phi) is 7.70. The number of carbonyl (C=O) groups is 3. The molecule has 3 rings (SSSR count). The predicted octanol–water partition coefficient (Wildman–Crippen LogP) is 2.65. The van der Waals surface area contributed by atoms with Crippen LogP contribution in [0.3, 0.4) is 0 Å². The van der Waals surface area contributed by atoms with Gasteiger partial charge in [0, 0.05) is 44.5 Å². The summed E-state index contributed by atoms with van der Waals surface area (Å²) in [6, 6.07) is 9.99. The first-order chi connectivity index (χ1) is 15.8. The van der Waals surface area contributed by atoms with E-state index in [0.29, 0.717) is 43.3 Å². The molecule has 0 aliphatic carbocycles. The molecule has 10 heteroatoms. The van der Waals surface area contributed by atoms with E-state index in [1.807, 2.05) is 0 Å². The fourth-order valence-electron chi connectivity index (χ4n) is 3.49. The van der Waals surface area contributed by atoms with Crippen molar-refractivity contribution >= 4 is 34.9 Å². The molecule has 0 spiro atoms. The maximum Gasteiger partial charge on any atom is 0.318 e. The summed E-state index contributed by atoms with van der Waals surface area (Å²) in [4.78, 5) is 40.3. The van der Waals surface area contributed by atoms with Gasteiger partial charge < -0.3 is 30.5 Å². The standard InChI is InChI=1S/C23H28FN5O4/c1-15(22(31)27-20-14-18(26-16(2)30)6-9-21(20)33-3)25-23(32)29-12-10-28(11-13-29)19-7-4-17(24)5-8-19/h4-9,14-15H,10-13H2,1-3H3,(H,25,32)(H,26,30)(H,27,31)/t15-/m0/s1. The number of amides is 4. The number of carbonyl (C=O) groups excluding carboxylic acids is 3. The van der Waals surface area contributed by atoms with Crippen LogP contribution >= 0.6 is 0 Å². The van der Waals surface area contributed by atoms with Crippen LogP contribution in [-0.2, 0) is 9.59 Å². The Hall–Kier alpha value is -3.82. The molecule has 4 amide bonds. The highest BCUT2D eigenvalue weighted by Crippen LogP contribution is 2.28. The van der Waals surface area contributed by atoms with Gasteiger partial charge in [-0.05, 0) is 49.4 Å². The van der Waals surface area contributed by atoms with E-state index in [4.69, 9.17) is 4.74 Å². The number of methoxy groups -OCH3 is 1. The zero-order chi connectivity index (χ0) is 24.0. The Morgan fingerprint density at radius 2 is 1.67 bits per heavy atom. The summed E-state index contributed by atoms with van der Waals surface area (Å²) in [6.45, 7) is 5.14. The number of piperazine rings is 1. The minimum atomic E-state index is -0.804. The third-order valence-electron chi connectivity index (χ3n) is 5.27. The summed E-state index contributed by atoms with van der Waals surface area (Å²) in [7, 11) is 1.47. The number of benzene rings is 2. The minimum Gasteiger partial charge on any atom is -0.495 e. The van der Waals surface area contributed by atoms with Gasteiger partial charge in [0.15, 0.2) is 0 Å². The minimum absolute atomic E-state index is 0.238. The van der Waals surface area contributed by atoms with Crippen molar-refractivity contribution in [1.29, 1.82) is 0 Å². The van der Waals surface area contributed by atoms with Crippen LogP contribution in [-0.4, -0.2) is 62.1 Å². The third kappa shape index (κ3) is 6.34. The SMILES string of the molecule is COc1ccc(NC(C)=O)cc1NC(=O)[C@H](C)NC(=O)N1CCN(c2ccc(F)cc2)CC1. The number of nitrogens with zero attached hydrogens (tertiary/aromatic N) is 2. The molecule has 0 bridgehead atoms. The van der Waals surface area contributed by atoms with Crippen molar-refractivity contribution in [2.24, 2.45) is 0 Å². The van der Waals surface area contributed by atoms with Gasteiger partial charge in [0.25, 0.3) is 0 Å². The molecule has 2 aromatic carbocycles. The van der Waals surface area contributed by atoms with E-state index in [9.17, 15) is 18.8 Å². The van der Waals surface area contributed by atoms with Crippen LogP contribution < -0.4 is 25.6 Å². The first-order valence-electron chi connectivity index (χ1n) is 10.6. The maximum atomic E-state index is 13.1. The molecule has 2 aromatic rings. The van der Waals surface area contributed by atoms with E-state index >= 15 is 0 Å². The van der Waals surface area contributed by atoms with Crippen LogP contribution in [0.4, 0.5) is 26.2 Å². The van der Waals surface area contributed by atoms with Crippen molar-refractivity contribution in [1.82, 2.24) is 10.2 Å². The number of hydrogen-bond acceptors (Lipinski definition) is 5. The molecule has 9 nitrogen and oxygen atoms in total. The largest absolute Gasteiger partial charge is 0.495 e. The average molecular weight is 458 g/mol. The topological polar surface area (TPSA) is 103 Å². The number of anilines is 3. The second-order valence-electron chi connectivity index (χ2n) is 7.71. The third-order valence-corrected chi connectivity index (χ3v) is 5.27. The summed E-state index contributed by atoms with van der Waals surface area (Å²) < 4.78 is 18.4. The van der Waals surface area contributed by atoms with Gasteiger partial charge in [0.2, 0.25) is 11.8 Å². The number of halogens is 1. The van der Waals surface area contributed by atoms with Crippen molar-refractivity contribution in [3.05, 3.63) is 48.3 Å². The van der Waals surface area contributed by atoms with Gasteiger partial charge >= 0.3 is 6.03 Å². The number of ether oxygens (including phenoxy) is 1. The van der Waals surface area contributed by atoms with Gasteiger partial charge in [-0.1, -0.05) is 0 Å². The van der Waals surface area contributed by atoms with Gasteiger partial charge in [0.1, 0.15) is 17.6 Å². The van der Waals surface area contributed by atoms with Gasteiger partial charge in [0.05, 0.1) is 12.8 Å². The number of urea groups is 1. The molecule has 0 saturated carbocycles. The first kappa shape index (κ1) is 23.8. The molecule has 0 unspecified atom stereocenters. The molecular formula is C23H28FN5O4. The molecule has 1 fully saturated rings. The molecule has 3 N–H and O–H groups in total. The van der Waals surface area contributed by atoms with Gasteiger partial charge in [-0.2, -0.15) is 0 Å². The maximum absolute atomic E-state index is 13.1. The van der Waals surface area contributed by atoms with Crippen LogP contribution in [0.1, 0.15) is 13.8 Å². The summed E-state index contributed by atoms with van der Waals surface area (Å²) in [5.41, 5.74) is 1.79. The van der Waals surface area contributed by atoms with Crippen molar-refractivity contribution in [2.75, 3.05) is 48.8 Å². The quantitative estimate of drug-likeness (QED) is 0.619. The van der Waals surface area contributed by atoms with Crippen molar-refractivity contribution in [2.45, 2.75) is 19.9 Å². The fraction of sp³-hybridized carbons (Fsp3) is 0.348. The van der Waals surface area contributed by atoms with Crippen molar-refractivity contribution in [3.8, 4) is 5.75 Å². The normalized spacial score (nSPS) is 14.3. The first-order valence-corrected chi connectivity index (χ1v) is 10.6. The summed E-state index contributed by atoms with van der Waals surface area (Å²) in [5.74, 6) is -0.527. The zero-order valence-electron chi connectivity index (χ0n) is 18.9. The highest BCUT2D eigenvalue weighted by Gasteiger charge is 2.24. The monoisotopic (exact) mass is 457 g/mol. The summed E-state index contributed by atoms with van der Waals surface area (Å²) in [6.07, 6.45) is 0. The fourth-order valence-corrected chi connectivity index (χ4v) is 3.49. The van der Waals surface area contributed by atoms with E-state index in [-0.39, 0.29) is 17.8 Å². The molecular weight excluding hydrogens is 429 g/mol. The number of nitrogens with one attached hydrogen (secondary N) is 3. The Bertz CT molecular complexity index is 1010. The van der Waals surface area contributed by atoms with Crippen molar-refractivity contribution < 1.29 is 23.5 Å². The highest BCUT2D eigenvalue weighted by molar-refractivity contribution is 5.99. The molecule has 1 heterocycles. The zero-order valence-corrected chi connectivity index (χ0v) is 18.9. The predicted molar refractivity (Wildman–Crippen MR) is 124 cm³/mol. The Labute approximate surface area is 191 Å². The summed E-state index contributed by atoms with van der Waals surface area (Å²) in [5, 5.41) is 8.09. The molecule has 1 aliphatic rings. The van der Waals surface area contributed by atoms with Crippen LogP contribution in [0, 0.1) is 5.82 Å². The lowest BCUT2D eigenvalue weighted by Crippen LogP contribution is -2.54. The molecule has 1 atom stereocenters. The summed E-state index contributed by atoms with van der Waals surface area (Å²) >= 11 is 0. The molecule has 33 heavy (non-hydrogen) atoms. The van der Waals surface area contributed by atoms with Crippen LogP contribution in [0.5, 0.6) is 5.75 Å². The van der Waals surface area contributed by atoms with E-state index < -0.39 is 11.9 Å². The molecule has 0 radical (unpaired) electrons. The molecule has 1 aliphatic heterocycles. The van der Waals surface area contributed by atoms with Crippen LogP contribution in [0.25, 0.3) is 0 Å². The van der Waals surface area contributed by atoms with E-state index in [1.165, 1.54) is 26.2 Å². The van der Waals surface area contributed by atoms with Crippen LogP contribution in [0.2, 0.25) is 0 Å².